The first kappa shape index (κ1) is 15.6. The van der Waals surface area contributed by atoms with Crippen LogP contribution in [0.2, 0.25) is 0 Å². The van der Waals surface area contributed by atoms with Gasteiger partial charge in [-0.3, -0.25) is 9.69 Å². The number of benzene rings is 1. The number of β-amino-alcohol motifs (C(OH)–C–C–N with tert-alkyl or cyclic N) is 1. The van der Waals surface area contributed by atoms with Gasteiger partial charge in [0.2, 0.25) is 5.91 Å². The molecule has 0 saturated carbocycles. The fraction of sp³-hybridized carbons (Fsp3) is 0.375. The van der Waals surface area contributed by atoms with E-state index in [1.165, 1.54) is 12.1 Å². The summed E-state index contributed by atoms with van der Waals surface area (Å²) in [6.07, 6.45) is 0.495. The van der Waals surface area contributed by atoms with Gasteiger partial charge in [0.1, 0.15) is 17.2 Å². The van der Waals surface area contributed by atoms with Gasteiger partial charge in [0.15, 0.2) is 5.82 Å². The van der Waals surface area contributed by atoms with E-state index in [1.807, 2.05) is 4.90 Å². The molecule has 0 bridgehead atoms. The van der Waals surface area contributed by atoms with Crippen LogP contribution in [0.5, 0.6) is 0 Å². The highest BCUT2D eigenvalue weighted by molar-refractivity contribution is 5.91. The lowest BCUT2D eigenvalue weighted by Gasteiger charge is -2.23. The number of likely N-dealkylation sites (tertiary alicyclic amines) is 1. The van der Waals surface area contributed by atoms with E-state index in [0.29, 0.717) is 36.7 Å². The van der Waals surface area contributed by atoms with Crippen LogP contribution in [0.15, 0.2) is 34.9 Å². The first-order valence-electron chi connectivity index (χ1n) is 7.39. The molecule has 2 N–H and O–H groups in total. The number of halogens is 1. The number of carbonyl (C=O) groups is 1. The van der Waals surface area contributed by atoms with Crippen LogP contribution in [0.1, 0.15) is 17.7 Å². The summed E-state index contributed by atoms with van der Waals surface area (Å²) in [4.78, 5) is 13.9. The number of hydrogen-bond donors (Lipinski definition) is 2. The molecule has 23 heavy (non-hydrogen) atoms. The van der Waals surface area contributed by atoms with Crippen LogP contribution in [-0.2, 0) is 10.4 Å². The maximum Gasteiger partial charge on any atom is 0.239 e. The molecule has 3 rings (SSSR count). The van der Waals surface area contributed by atoms with Crippen molar-refractivity contribution in [1.82, 2.24) is 10.1 Å². The molecule has 1 unspecified atom stereocenters. The molecular formula is C16H18FN3O3. The highest BCUT2D eigenvalue weighted by Gasteiger charge is 2.38. The Hall–Kier alpha value is -2.25. The zero-order chi connectivity index (χ0) is 16.4. The van der Waals surface area contributed by atoms with Crippen molar-refractivity contribution in [2.45, 2.75) is 18.9 Å². The lowest BCUT2D eigenvalue weighted by Crippen LogP contribution is -2.35. The zero-order valence-electron chi connectivity index (χ0n) is 12.8. The number of carbonyl (C=O) groups excluding carboxylic acids is 1. The summed E-state index contributed by atoms with van der Waals surface area (Å²) < 4.78 is 17.9. The Morgan fingerprint density at radius 1 is 1.48 bits per heavy atom. The van der Waals surface area contributed by atoms with Crippen LogP contribution < -0.4 is 5.32 Å². The molecule has 2 aromatic rings. The SMILES string of the molecule is Cc1cc(NC(=O)CN2CCC(O)(c3ccc(F)cc3)C2)no1. The van der Waals surface area contributed by atoms with E-state index >= 15 is 0 Å². The minimum Gasteiger partial charge on any atom is -0.384 e. The van der Waals surface area contributed by atoms with Gasteiger partial charge in [-0.05, 0) is 31.0 Å². The van der Waals surface area contributed by atoms with Crippen molar-refractivity contribution in [3.05, 3.63) is 47.5 Å². The topological polar surface area (TPSA) is 78.6 Å². The Morgan fingerprint density at radius 3 is 2.87 bits per heavy atom. The molecule has 1 aromatic carbocycles. The summed E-state index contributed by atoms with van der Waals surface area (Å²) in [5.41, 5.74) is -0.396. The Labute approximate surface area is 132 Å². The number of aliphatic hydroxyl groups is 1. The number of anilines is 1. The minimum absolute atomic E-state index is 0.148. The third kappa shape index (κ3) is 3.57. The summed E-state index contributed by atoms with van der Waals surface area (Å²) in [5, 5.41) is 17.1. The van der Waals surface area contributed by atoms with Crippen molar-refractivity contribution in [3.63, 3.8) is 0 Å². The summed E-state index contributed by atoms with van der Waals surface area (Å²) in [6.45, 7) is 2.80. The molecule has 0 radical (unpaired) electrons. The van der Waals surface area contributed by atoms with Crippen LogP contribution in [0, 0.1) is 12.7 Å². The van der Waals surface area contributed by atoms with Crippen LogP contribution in [-0.4, -0.2) is 40.7 Å². The number of rotatable bonds is 4. The molecule has 1 aliphatic rings. The molecule has 0 aliphatic carbocycles. The van der Waals surface area contributed by atoms with Crippen LogP contribution >= 0.6 is 0 Å². The molecule has 1 aromatic heterocycles. The molecule has 1 saturated heterocycles. The lowest BCUT2D eigenvalue weighted by molar-refractivity contribution is -0.117. The monoisotopic (exact) mass is 319 g/mol. The van der Waals surface area contributed by atoms with Gasteiger partial charge in [-0.1, -0.05) is 17.3 Å². The van der Waals surface area contributed by atoms with Gasteiger partial charge in [-0.25, -0.2) is 4.39 Å². The molecular weight excluding hydrogens is 301 g/mol. The van der Waals surface area contributed by atoms with Gasteiger partial charge in [-0.15, -0.1) is 0 Å². The van der Waals surface area contributed by atoms with Gasteiger partial charge in [0.05, 0.1) is 6.54 Å². The van der Waals surface area contributed by atoms with Crippen molar-refractivity contribution in [2.75, 3.05) is 25.0 Å². The smallest absolute Gasteiger partial charge is 0.239 e. The van der Waals surface area contributed by atoms with Crippen molar-refractivity contribution in [1.29, 1.82) is 0 Å². The third-order valence-electron chi connectivity index (χ3n) is 3.97. The fourth-order valence-corrected chi connectivity index (χ4v) is 2.81. The average Bonchev–Trinajstić information content (AvgIpc) is 3.06. The van der Waals surface area contributed by atoms with Crippen molar-refractivity contribution in [2.24, 2.45) is 0 Å². The Kier molecular flexibility index (Phi) is 4.14. The molecule has 1 aliphatic heterocycles. The zero-order valence-corrected chi connectivity index (χ0v) is 12.8. The van der Waals surface area contributed by atoms with Crippen LogP contribution in [0.3, 0.4) is 0 Å². The molecule has 7 heteroatoms. The predicted octanol–water partition coefficient (Wildman–Crippen LogP) is 1.65. The average molecular weight is 319 g/mol. The van der Waals surface area contributed by atoms with E-state index < -0.39 is 5.60 Å². The Bertz CT molecular complexity index is 701. The van der Waals surface area contributed by atoms with Crippen molar-refractivity contribution < 1.29 is 18.8 Å². The molecule has 0 spiro atoms. The molecule has 122 valence electrons. The molecule has 1 amide bonds. The minimum atomic E-state index is -1.06. The summed E-state index contributed by atoms with van der Waals surface area (Å²) in [6, 6.07) is 7.45. The Balaban J connectivity index is 1.58. The molecule has 6 nitrogen and oxygen atoms in total. The number of amides is 1. The second-order valence-corrected chi connectivity index (χ2v) is 5.87. The largest absolute Gasteiger partial charge is 0.384 e. The predicted molar refractivity (Wildman–Crippen MR) is 81.2 cm³/mol. The number of nitrogens with zero attached hydrogens (tertiary/aromatic N) is 2. The Morgan fingerprint density at radius 2 is 2.22 bits per heavy atom. The van der Waals surface area contributed by atoms with E-state index in [4.69, 9.17) is 4.52 Å². The van der Waals surface area contributed by atoms with Crippen LogP contribution in [0.25, 0.3) is 0 Å². The van der Waals surface area contributed by atoms with E-state index in [0.717, 1.165) is 0 Å². The van der Waals surface area contributed by atoms with Gasteiger partial charge in [0.25, 0.3) is 0 Å². The quantitative estimate of drug-likeness (QED) is 0.896. The number of aryl methyl sites for hydroxylation is 1. The van der Waals surface area contributed by atoms with Gasteiger partial charge < -0.3 is 14.9 Å². The van der Waals surface area contributed by atoms with E-state index in [9.17, 15) is 14.3 Å². The van der Waals surface area contributed by atoms with E-state index in [1.54, 1.807) is 25.1 Å². The number of aromatic nitrogens is 1. The van der Waals surface area contributed by atoms with Crippen molar-refractivity contribution in [3.8, 4) is 0 Å². The third-order valence-corrected chi connectivity index (χ3v) is 3.97. The van der Waals surface area contributed by atoms with Gasteiger partial charge >= 0.3 is 0 Å². The normalized spacial score (nSPS) is 21.5. The molecule has 1 fully saturated rings. The number of hydrogen-bond acceptors (Lipinski definition) is 5. The maximum atomic E-state index is 13.0. The molecule has 2 heterocycles. The fourth-order valence-electron chi connectivity index (χ4n) is 2.81. The van der Waals surface area contributed by atoms with Gasteiger partial charge in [0, 0.05) is 19.2 Å². The molecule has 1 atom stereocenters. The van der Waals surface area contributed by atoms with E-state index in [2.05, 4.69) is 10.5 Å². The first-order valence-corrected chi connectivity index (χ1v) is 7.39. The first-order chi connectivity index (χ1) is 10.9. The van der Waals surface area contributed by atoms with Crippen LogP contribution in [0.4, 0.5) is 10.2 Å². The van der Waals surface area contributed by atoms with E-state index in [-0.39, 0.29) is 18.3 Å². The van der Waals surface area contributed by atoms with Crippen molar-refractivity contribution >= 4 is 11.7 Å². The maximum absolute atomic E-state index is 13.0. The highest BCUT2D eigenvalue weighted by Crippen LogP contribution is 2.31. The summed E-state index contributed by atoms with van der Waals surface area (Å²) in [5.74, 6) is 0.434. The van der Waals surface area contributed by atoms with Gasteiger partial charge in [-0.2, -0.15) is 0 Å². The summed E-state index contributed by atoms with van der Waals surface area (Å²) >= 11 is 0. The number of nitrogens with one attached hydrogen (secondary N) is 1. The second kappa shape index (κ2) is 6.10. The summed E-state index contributed by atoms with van der Waals surface area (Å²) in [7, 11) is 0. The standard InChI is InChI=1S/C16H18FN3O3/c1-11-8-14(19-23-11)18-15(21)9-20-7-6-16(22,10-20)12-2-4-13(17)5-3-12/h2-5,8,22H,6-7,9-10H2,1H3,(H,18,19,21). The lowest BCUT2D eigenvalue weighted by atomic mass is 9.93. The highest BCUT2D eigenvalue weighted by atomic mass is 19.1. The second-order valence-electron chi connectivity index (χ2n) is 5.87.